The molecule has 0 unspecified atom stereocenters. The lowest BCUT2D eigenvalue weighted by Gasteiger charge is -2.15. The van der Waals surface area contributed by atoms with Crippen LogP contribution >= 0.6 is 11.3 Å². The van der Waals surface area contributed by atoms with Gasteiger partial charge in [0.1, 0.15) is 0 Å². The van der Waals surface area contributed by atoms with Crippen molar-refractivity contribution in [2.24, 2.45) is 0 Å². The van der Waals surface area contributed by atoms with Gasteiger partial charge in [0.15, 0.2) is 4.80 Å². The fraction of sp³-hybridized carbons (Fsp3) is 0.400. The Morgan fingerprint density at radius 2 is 1.95 bits per heavy atom. The fourth-order valence-corrected chi connectivity index (χ4v) is 3.84. The van der Waals surface area contributed by atoms with Gasteiger partial charge < -0.3 is 4.57 Å². The van der Waals surface area contributed by atoms with Gasteiger partial charge in [-0.25, -0.2) is 0 Å². The molecule has 0 fully saturated rings. The third-order valence-corrected chi connectivity index (χ3v) is 4.88. The molecule has 0 spiro atoms. The molecule has 112 valence electrons. The average Bonchev–Trinajstić information content (AvgIpc) is 2.75. The van der Waals surface area contributed by atoms with Crippen molar-refractivity contribution in [1.82, 2.24) is 4.57 Å². The molecule has 0 radical (unpaired) electrons. The van der Waals surface area contributed by atoms with E-state index in [2.05, 4.69) is 0 Å². The zero-order valence-electron chi connectivity index (χ0n) is 11.3. The number of alkyl halides is 3. The molecule has 0 aliphatic heterocycles. The van der Waals surface area contributed by atoms with Crippen molar-refractivity contribution in [2.45, 2.75) is 38.4 Å². The molecule has 1 aromatic heterocycles. The minimum Gasteiger partial charge on any atom is -0.317 e. The molecule has 0 bridgehead atoms. The highest BCUT2D eigenvalue weighted by atomic mass is 32.1. The van der Waals surface area contributed by atoms with Gasteiger partial charge in [-0.05, 0) is 43.4 Å². The van der Waals surface area contributed by atoms with Crippen molar-refractivity contribution in [3.8, 4) is 0 Å². The summed E-state index contributed by atoms with van der Waals surface area (Å²) in [6.07, 6.45) is -0.189. The SMILES string of the molecule is N=c1sc2c(n1Cc1cccc(C(F)(F)F)c1)CCCC2. The Morgan fingerprint density at radius 3 is 2.71 bits per heavy atom. The van der Waals surface area contributed by atoms with Crippen molar-refractivity contribution in [2.75, 3.05) is 0 Å². The number of hydrogen-bond donors (Lipinski definition) is 1. The first-order chi connectivity index (χ1) is 9.95. The van der Waals surface area contributed by atoms with Crippen LogP contribution in [0.15, 0.2) is 24.3 Å². The number of aromatic nitrogens is 1. The van der Waals surface area contributed by atoms with Crippen LogP contribution in [0.3, 0.4) is 0 Å². The summed E-state index contributed by atoms with van der Waals surface area (Å²) < 4.78 is 40.1. The topological polar surface area (TPSA) is 28.8 Å². The van der Waals surface area contributed by atoms with Crippen molar-refractivity contribution >= 4 is 11.3 Å². The molecule has 2 aromatic rings. The summed E-state index contributed by atoms with van der Waals surface area (Å²) >= 11 is 1.45. The van der Waals surface area contributed by atoms with Gasteiger partial charge in [-0.2, -0.15) is 13.2 Å². The van der Waals surface area contributed by atoms with Crippen LogP contribution in [-0.2, 0) is 25.6 Å². The smallest absolute Gasteiger partial charge is 0.317 e. The van der Waals surface area contributed by atoms with Gasteiger partial charge in [-0.1, -0.05) is 12.1 Å². The second kappa shape index (κ2) is 5.33. The zero-order valence-corrected chi connectivity index (χ0v) is 12.2. The molecule has 0 atom stereocenters. The number of aryl methyl sites for hydroxylation is 1. The number of benzene rings is 1. The number of hydrogen-bond acceptors (Lipinski definition) is 2. The zero-order chi connectivity index (χ0) is 15.0. The van der Waals surface area contributed by atoms with Crippen molar-refractivity contribution in [3.05, 3.63) is 50.8 Å². The second-order valence-electron chi connectivity index (χ2n) is 5.27. The Morgan fingerprint density at radius 1 is 1.19 bits per heavy atom. The first-order valence-corrected chi connectivity index (χ1v) is 7.69. The predicted octanol–water partition coefficient (Wildman–Crippen LogP) is 3.97. The fourth-order valence-electron chi connectivity index (χ4n) is 2.75. The minimum atomic E-state index is -4.32. The number of halogens is 3. The van der Waals surface area contributed by atoms with Crippen LogP contribution in [0.25, 0.3) is 0 Å². The highest BCUT2D eigenvalue weighted by molar-refractivity contribution is 7.09. The Bertz CT molecular complexity index is 712. The highest BCUT2D eigenvalue weighted by Gasteiger charge is 2.30. The highest BCUT2D eigenvalue weighted by Crippen LogP contribution is 2.30. The van der Waals surface area contributed by atoms with Crippen molar-refractivity contribution in [3.63, 3.8) is 0 Å². The molecule has 3 rings (SSSR count). The van der Waals surface area contributed by atoms with Gasteiger partial charge in [0, 0.05) is 10.6 Å². The van der Waals surface area contributed by atoms with Gasteiger partial charge in [-0.3, -0.25) is 5.41 Å². The Hall–Kier alpha value is -1.56. The third-order valence-electron chi connectivity index (χ3n) is 3.78. The first-order valence-electron chi connectivity index (χ1n) is 6.87. The summed E-state index contributed by atoms with van der Waals surface area (Å²) in [4.78, 5) is 1.65. The van der Waals surface area contributed by atoms with Crippen LogP contribution in [0.4, 0.5) is 13.2 Å². The van der Waals surface area contributed by atoms with Crippen LogP contribution in [0.2, 0.25) is 0 Å². The Kier molecular flexibility index (Phi) is 3.65. The summed E-state index contributed by atoms with van der Waals surface area (Å²) in [6, 6.07) is 5.38. The van der Waals surface area contributed by atoms with Gasteiger partial charge >= 0.3 is 6.18 Å². The second-order valence-corrected chi connectivity index (χ2v) is 6.35. The summed E-state index contributed by atoms with van der Waals surface area (Å²) in [5.74, 6) is 0. The van der Waals surface area contributed by atoms with E-state index in [0.29, 0.717) is 16.9 Å². The molecule has 0 amide bonds. The lowest BCUT2D eigenvalue weighted by Crippen LogP contribution is -2.18. The van der Waals surface area contributed by atoms with Gasteiger partial charge in [-0.15, -0.1) is 11.3 Å². The summed E-state index contributed by atoms with van der Waals surface area (Å²) in [5, 5.41) is 8.05. The number of nitrogens with zero attached hydrogens (tertiary/aromatic N) is 1. The molecule has 1 heterocycles. The summed E-state index contributed by atoms with van der Waals surface area (Å²) in [5.41, 5.74) is 1.10. The molecule has 1 N–H and O–H groups in total. The number of nitrogens with one attached hydrogen (secondary N) is 1. The molecule has 2 nitrogen and oxygen atoms in total. The maximum Gasteiger partial charge on any atom is 0.416 e. The molecule has 0 saturated carbocycles. The maximum atomic E-state index is 12.8. The van der Waals surface area contributed by atoms with E-state index < -0.39 is 11.7 Å². The minimum absolute atomic E-state index is 0.342. The molecule has 1 aromatic carbocycles. The van der Waals surface area contributed by atoms with Gasteiger partial charge in [0.25, 0.3) is 0 Å². The van der Waals surface area contributed by atoms with Crippen LogP contribution in [0, 0.1) is 5.41 Å². The van der Waals surface area contributed by atoms with E-state index in [9.17, 15) is 13.2 Å². The number of rotatable bonds is 2. The van der Waals surface area contributed by atoms with Crippen LogP contribution < -0.4 is 4.80 Å². The molecule has 0 saturated heterocycles. The van der Waals surface area contributed by atoms with Gasteiger partial charge in [0.2, 0.25) is 0 Å². The molecular formula is C15H15F3N2S. The van der Waals surface area contributed by atoms with E-state index in [1.807, 2.05) is 4.57 Å². The molecule has 6 heteroatoms. The number of fused-ring (bicyclic) bond motifs is 1. The summed E-state index contributed by atoms with van der Waals surface area (Å²) in [6.45, 7) is 0.342. The summed E-state index contributed by atoms with van der Waals surface area (Å²) in [7, 11) is 0. The lowest BCUT2D eigenvalue weighted by molar-refractivity contribution is -0.137. The number of thiazole rings is 1. The van der Waals surface area contributed by atoms with Crippen LogP contribution in [0.5, 0.6) is 0 Å². The monoisotopic (exact) mass is 312 g/mol. The predicted molar refractivity (Wildman–Crippen MR) is 75.4 cm³/mol. The lowest BCUT2D eigenvalue weighted by atomic mass is 10.0. The molecule has 1 aliphatic rings. The molecule has 1 aliphatic carbocycles. The Labute approximate surface area is 124 Å². The van der Waals surface area contributed by atoms with Crippen molar-refractivity contribution < 1.29 is 13.2 Å². The van der Waals surface area contributed by atoms with E-state index in [0.717, 1.165) is 37.4 Å². The van der Waals surface area contributed by atoms with Gasteiger partial charge in [0.05, 0.1) is 12.1 Å². The quantitative estimate of drug-likeness (QED) is 0.869. The molecular weight excluding hydrogens is 297 g/mol. The third kappa shape index (κ3) is 2.90. The average molecular weight is 312 g/mol. The van der Waals surface area contributed by atoms with E-state index in [1.165, 1.54) is 28.3 Å². The van der Waals surface area contributed by atoms with E-state index >= 15 is 0 Å². The van der Waals surface area contributed by atoms with Crippen molar-refractivity contribution in [1.29, 1.82) is 5.41 Å². The van der Waals surface area contributed by atoms with E-state index in [1.54, 1.807) is 6.07 Å². The maximum absolute atomic E-state index is 12.8. The first kappa shape index (κ1) is 14.4. The largest absolute Gasteiger partial charge is 0.416 e. The van der Waals surface area contributed by atoms with Crippen LogP contribution in [0.1, 0.15) is 34.5 Å². The molecule has 21 heavy (non-hydrogen) atoms. The van der Waals surface area contributed by atoms with Crippen LogP contribution in [-0.4, -0.2) is 4.57 Å². The van der Waals surface area contributed by atoms with E-state index in [4.69, 9.17) is 5.41 Å². The van der Waals surface area contributed by atoms with E-state index in [-0.39, 0.29) is 0 Å². The Balaban J connectivity index is 1.94. The normalized spacial score (nSPS) is 15.0. The standard InChI is InChI=1S/C15H15F3N2S/c16-15(17,18)11-5-3-4-10(8-11)9-20-12-6-1-2-7-13(12)21-14(20)19/h3-5,8,19H,1-2,6-7,9H2.